The van der Waals surface area contributed by atoms with Gasteiger partial charge in [0.15, 0.2) is 5.69 Å². The molecule has 16 heavy (non-hydrogen) atoms. The van der Waals surface area contributed by atoms with E-state index in [2.05, 4.69) is 5.10 Å². The monoisotopic (exact) mass is 241 g/mol. The maximum absolute atomic E-state index is 12.2. The lowest BCUT2D eigenvalue weighted by molar-refractivity contribution is 0.0717. The Balaban J connectivity index is 2.22. The summed E-state index contributed by atoms with van der Waals surface area (Å²) in [7, 11) is 1.80. The fraction of sp³-hybridized carbons (Fsp3) is 0.636. The van der Waals surface area contributed by atoms with Crippen LogP contribution in [0, 0.1) is 6.92 Å². The van der Waals surface area contributed by atoms with Crippen LogP contribution >= 0.6 is 11.6 Å². The van der Waals surface area contributed by atoms with E-state index in [9.17, 15) is 4.79 Å². The molecule has 1 aliphatic rings. The van der Waals surface area contributed by atoms with E-state index in [1.807, 2.05) is 11.8 Å². The SMILES string of the molecule is Cc1c(Cl)c(C(=O)N2CCCCC2)nn1C. The van der Waals surface area contributed by atoms with Crippen LogP contribution in [0.4, 0.5) is 0 Å². The first-order valence-electron chi connectivity index (χ1n) is 5.59. The van der Waals surface area contributed by atoms with Crippen molar-refractivity contribution in [2.24, 2.45) is 7.05 Å². The van der Waals surface area contributed by atoms with E-state index >= 15 is 0 Å². The van der Waals surface area contributed by atoms with Gasteiger partial charge in [0.2, 0.25) is 0 Å². The quantitative estimate of drug-likeness (QED) is 0.755. The number of amides is 1. The molecule has 0 saturated carbocycles. The number of aryl methyl sites for hydroxylation is 1. The molecule has 1 aromatic heterocycles. The van der Waals surface area contributed by atoms with Gasteiger partial charge in [-0.25, -0.2) is 0 Å². The summed E-state index contributed by atoms with van der Waals surface area (Å²) in [5, 5.41) is 4.66. The van der Waals surface area contributed by atoms with Crippen LogP contribution in [0.3, 0.4) is 0 Å². The normalized spacial score (nSPS) is 16.6. The largest absolute Gasteiger partial charge is 0.337 e. The first-order chi connectivity index (χ1) is 7.61. The number of hydrogen-bond donors (Lipinski definition) is 0. The minimum Gasteiger partial charge on any atom is -0.337 e. The number of carbonyl (C=O) groups is 1. The standard InChI is InChI=1S/C11H16ClN3O/c1-8-9(12)10(13-14(8)2)11(16)15-6-4-3-5-7-15/h3-7H2,1-2H3. The zero-order chi connectivity index (χ0) is 11.7. The molecule has 1 saturated heterocycles. The van der Waals surface area contributed by atoms with Gasteiger partial charge >= 0.3 is 0 Å². The summed E-state index contributed by atoms with van der Waals surface area (Å²) < 4.78 is 1.65. The minimum atomic E-state index is -0.0339. The zero-order valence-corrected chi connectivity index (χ0v) is 10.4. The van der Waals surface area contributed by atoms with Gasteiger partial charge in [-0.1, -0.05) is 11.6 Å². The lowest BCUT2D eigenvalue weighted by atomic mass is 10.1. The van der Waals surface area contributed by atoms with Gasteiger partial charge in [-0.15, -0.1) is 0 Å². The summed E-state index contributed by atoms with van der Waals surface area (Å²) in [6.45, 7) is 3.51. The number of halogens is 1. The van der Waals surface area contributed by atoms with Gasteiger partial charge in [-0.2, -0.15) is 5.10 Å². The van der Waals surface area contributed by atoms with Crippen LogP contribution in [0.2, 0.25) is 5.02 Å². The minimum absolute atomic E-state index is 0.0339. The third-order valence-corrected chi connectivity index (χ3v) is 3.56. The summed E-state index contributed by atoms with van der Waals surface area (Å²) in [4.78, 5) is 14.0. The molecule has 0 N–H and O–H groups in total. The predicted molar refractivity (Wildman–Crippen MR) is 62.7 cm³/mol. The third kappa shape index (κ3) is 1.94. The number of hydrogen-bond acceptors (Lipinski definition) is 2. The summed E-state index contributed by atoms with van der Waals surface area (Å²) >= 11 is 6.10. The van der Waals surface area contributed by atoms with Gasteiger partial charge in [0.1, 0.15) is 0 Å². The molecule has 0 bridgehead atoms. The van der Waals surface area contributed by atoms with Crippen LogP contribution in [-0.4, -0.2) is 33.7 Å². The van der Waals surface area contributed by atoms with Crippen LogP contribution < -0.4 is 0 Å². The molecule has 5 heteroatoms. The smallest absolute Gasteiger partial charge is 0.275 e. The van der Waals surface area contributed by atoms with Crippen molar-refractivity contribution in [3.63, 3.8) is 0 Å². The van der Waals surface area contributed by atoms with Gasteiger partial charge in [0, 0.05) is 20.1 Å². The van der Waals surface area contributed by atoms with Crippen LogP contribution in [-0.2, 0) is 7.05 Å². The van der Waals surface area contributed by atoms with Gasteiger partial charge < -0.3 is 4.90 Å². The lowest BCUT2D eigenvalue weighted by Gasteiger charge is -2.25. The van der Waals surface area contributed by atoms with Crippen molar-refractivity contribution in [3.8, 4) is 0 Å². The van der Waals surface area contributed by atoms with Crippen molar-refractivity contribution in [1.82, 2.24) is 14.7 Å². The van der Waals surface area contributed by atoms with Crippen molar-refractivity contribution < 1.29 is 4.79 Å². The second-order valence-electron chi connectivity index (χ2n) is 4.22. The van der Waals surface area contributed by atoms with Crippen LogP contribution in [0.5, 0.6) is 0 Å². The maximum Gasteiger partial charge on any atom is 0.275 e. The van der Waals surface area contributed by atoms with Crippen molar-refractivity contribution in [3.05, 3.63) is 16.4 Å². The van der Waals surface area contributed by atoms with E-state index in [-0.39, 0.29) is 5.91 Å². The Kier molecular flexibility index (Phi) is 3.19. The Bertz CT molecular complexity index is 408. The average Bonchev–Trinajstić information content (AvgIpc) is 2.57. The fourth-order valence-corrected chi connectivity index (χ4v) is 2.21. The van der Waals surface area contributed by atoms with Gasteiger partial charge in [-0.05, 0) is 26.2 Å². The fourth-order valence-electron chi connectivity index (χ4n) is 1.97. The summed E-state index contributed by atoms with van der Waals surface area (Å²) in [6, 6.07) is 0. The van der Waals surface area contributed by atoms with E-state index in [1.54, 1.807) is 11.7 Å². The lowest BCUT2D eigenvalue weighted by Crippen LogP contribution is -2.36. The molecule has 0 aromatic carbocycles. The molecule has 2 heterocycles. The van der Waals surface area contributed by atoms with Crippen molar-refractivity contribution in [2.75, 3.05) is 13.1 Å². The molecule has 4 nitrogen and oxygen atoms in total. The molecule has 0 unspecified atom stereocenters. The van der Waals surface area contributed by atoms with Crippen molar-refractivity contribution >= 4 is 17.5 Å². The Morgan fingerprint density at radius 2 is 1.94 bits per heavy atom. The molecule has 2 rings (SSSR count). The maximum atomic E-state index is 12.2. The van der Waals surface area contributed by atoms with E-state index in [4.69, 9.17) is 11.6 Å². The molecule has 1 aliphatic heterocycles. The Morgan fingerprint density at radius 1 is 1.31 bits per heavy atom. The molecule has 88 valence electrons. The van der Waals surface area contributed by atoms with Gasteiger partial charge in [0.25, 0.3) is 5.91 Å². The first-order valence-corrected chi connectivity index (χ1v) is 5.97. The summed E-state index contributed by atoms with van der Waals surface area (Å²) in [5.41, 5.74) is 1.23. The van der Waals surface area contributed by atoms with Crippen molar-refractivity contribution in [2.45, 2.75) is 26.2 Å². The molecule has 1 aromatic rings. The molecular formula is C11H16ClN3O. The number of rotatable bonds is 1. The molecule has 0 aliphatic carbocycles. The number of aromatic nitrogens is 2. The van der Waals surface area contributed by atoms with Crippen LogP contribution in [0.25, 0.3) is 0 Å². The molecule has 1 fully saturated rings. The zero-order valence-electron chi connectivity index (χ0n) is 9.66. The third-order valence-electron chi connectivity index (χ3n) is 3.11. The van der Waals surface area contributed by atoms with E-state index in [0.717, 1.165) is 31.6 Å². The molecule has 1 amide bonds. The van der Waals surface area contributed by atoms with E-state index in [1.165, 1.54) is 6.42 Å². The van der Waals surface area contributed by atoms with Crippen LogP contribution in [0.15, 0.2) is 0 Å². The number of likely N-dealkylation sites (tertiary alicyclic amines) is 1. The van der Waals surface area contributed by atoms with Crippen molar-refractivity contribution in [1.29, 1.82) is 0 Å². The summed E-state index contributed by atoms with van der Waals surface area (Å²) in [6.07, 6.45) is 3.36. The number of nitrogens with zero attached hydrogens (tertiary/aromatic N) is 3. The number of piperidine rings is 1. The highest BCUT2D eigenvalue weighted by Gasteiger charge is 2.24. The van der Waals surface area contributed by atoms with Gasteiger partial charge in [0.05, 0.1) is 10.7 Å². The van der Waals surface area contributed by atoms with Gasteiger partial charge in [-0.3, -0.25) is 9.48 Å². The average molecular weight is 242 g/mol. The molecule has 0 radical (unpaired) electrons. The topological polar surface area (TPSA) is 38.1 Å². The Hall–Kier alpha value is -1.03. The Morgan fingerprint density at radius 3 is 2.44 bits per heavy atom. The van der Waals surface area contributed by atoms with E-state index < -0.39 is 0 Å². The predicted octanol–water partition coefficient (Wildman–Crippen LogP) is 2.01. The van der Waals surface area contributed by atoms with E-state index in [0.29, 0.717) is 10.7 Å². The highest BCUT2D eigenvalue weighted by atomic mass is 35.5. The second kappa shape index (κ2) is 4.45. The number of carbonyl (C=O) groups excluding carboxylic acids is 1. The summed E-state index contributed by atoms with van der Waals surface area (Å²) in [5.74, 6) is -0.0339. The molecule has 0 spiro atoms. The molecule has 0 atom stereocenters. The first kappa shape index (κ1) is 11.5. The highest BCUT2D eigenvalue weighted by molar-refractivity contribution is 6.34. The Labute approximate surface area is 100 Å². The second-order valence-corrected chi connectivity index (χ2v) is 4.60. The highest BCUT2D eigenvalue weighted by Crippen LogP contribution is 2.22. The van der Waals surface area contributed by atoms with Crippen LogP contribution in [0.1, 0.15) is 35.4 Å². The molecular weight excluding hydrogens is 226 g/mol.